The van der Waals surface area contributed by atoms with E-state index in [2.05, 4.69) is 10.6 Å². The van der Waals surface area contributed by atoms with E-state index >= 15 is 0 Å². The molecule has 0 aliphatic rings. The van der Waals surface area contributed by atoms with Gasteiger partial charge in [-0.3, -0.25) is 0 Å². The van der Waals surface area contributed by atoms with Crippen LogP contribution in [0.15, 0.2) is 18.2 Å². The number of nitrogens with one attached hydrogen (secondary N) is 2. The highest BCUT2D eigenvalue weighted by molar-refractivity contribution is 7.80. The van der Waals surface area contributed by atoms with Crippen LogP contribution in [0.4, 0.5) is 5.69 Å². The van der Waals surface area contributed by atoms with Crippen LogP contribution in [0.5, 0.6) is 5.75 Å². The van der Waals surface area contributed by atoms with Crippen LogP contribution < -0.4 is 10.6 Å². The number of aromatic hydroxyl groups is 1. The Hall–Kier alpha value is -1.82. The van der Waals surface area contributed by atoms with Gasteiger partial charge in [-0.1, -0.05) is 0 Å². The van der Waals surface area contributed by atoms with Crippen LogP contribution in [0.3, 0.4) is 0 Å². The molecule has 1 aromatic carbocycles. The minimum atomic E-state index is -1.09. The maximum atomic E-state index is 10.7. The molecule has 98 valence electrons. The van der Waals surface area contributed by atoms with Crippen molar-refractivity contribution in [1.82, 2.24) is 5.32 Å². The molecule has 0 amide bonds. The number of hydrogen-bond donors (Lipinski definition) is 4. The lowest BCUT2D eigenvalue weighted by Gasteiger charge is -2.23. The van der Waals surface area contributed by atoms with E-state index < -0.39 is 5.97 Å². The minimum absolute atomic E-state index is 0.0211. The zero-order chi connectivity index (χ0) is 13.9. The molecule has 0 fully saturated rings. The number of thiocarbonyl (C=S) groups is 1. The number of phenolic OH excluding ortho intramolecular Hbond substituents is 1. The van der Waals surface area contributed by atoms with Crippen molar-refractivity contribution in [3.05, 3.63) is 23.8 Å². The second kappa shape index (κ2) is 5.22. The third-order valence-corrected chi connectivity index (χ3v) is 2.19. The topological polar surface area (TPSA) is 81.6 Å². The largest absolute Gasteiger partial charge is 0.506 e. The van der Waals surface area contributed by atoms with E-state index in [0.29, 0.717) is 10.8 Å². The lowest BCUT2D eigenvalue weighted by atomic mass is 10.1. The smallest absolute Gasteiger partial charge is 0.335 e. The highest BCUT2D eigenvalue weighted by atomic mass is 32.1. The van der Waals surface area contributed by atoms with Crippen LogP contribution in [0.2, 0.25) is 0 Å². The molecule has 1 aromatic rings. The third-order valence-electron chi connectivity index (χ3n) is 1.98. The van der Waals surface area contributed by atoms with Crippen LogP contribution in [0, 0.1) is 0 Å². The molecule has 0 atom stereocenters. The fraction of sp³-hybridized carbons (Fsp3) is 0.333. The molecule has 1 rings (SSSR count). The summed E-state index contributed by atoms with van der Waals surface area (Å²) in [5.41, 5.74) is 0.190. The number of hydrogen-bond acceptors (Lipinski definition) is 3. The molecule has 0 aliphatic heterocycles. The summed E-state index contributed by atoms with van der Waals surface area (Å²) in [5.74, 6) is -1.25. The van der Waals surface area contributed by atoms with E-state index in [0.717, 1.165) is 0 Å². The van der Waals surface area contributed by atoms with Gasteiger partial charge in [-0.15, -0.1) is 0 Å². The molecule has 4 N–H and O–H groups in total. The Labute approximate surface area is 111 Å². The summed E-state index contributed by atoms with van der Waals surface area (Å²) < 4.78 is 0. The molecule has 5 nitrogen and oxygen atoms in total. The van der Waals surface area contributed by atoms with Crippen molar-refractivity contribution in [2.24, 2.45) is 0 Å². The number of carboxylic acids is 1. The quantitative estimate of drug-likeness (QED) is 0.486. The van der Waals surface area contributed by atoms with Crippen molar-refractivity contribution in [2.75, 3.05) is 5.32 Å². The van der Waals surface area contributed by atoms with E-state index in [1.165, 1.54) is 18.2 Å². The zero-order valence-electron chi connectivity index (χ0n) is 10.4. The Morgan fingerprint density at radius 3 is 2.39 bits per heavy atom. The molecule has 0 heterocycles. The van der Waals surface area contributed by atoms with Gasteiger partial charge in [-0.2, -0.15) is 0 Å². The van der Waals surface area contributed by atoms with Crippen molar-refractivity contribution in [1.29, 1.82) is 0 Å². The number of rotatable bonds is 2. The van der Waals surface area contributed by atoms with Gasteiger partial charge >= 0.3 is 5.97 Å². The molecule has 0 spiro atoms. The van der Waals surface area contributed by atoms with E-state index in [1.54, 1.807) is 0 Å². The number of phenols is 1. The second-order valence-corrected chi connectivity index (χ2v) is 5.27. The molecule has 0 bridgehead atoms. The summed E-state index contributed by atoms with van der Waals surface area (Å²) in [4.78, 5) is 10.7. The monoisotopic (exact) mass is 268 g/mol. The lowest BCUT2D eigenvalue weighted by Crippen LogP contribution is -2.42. The molecule has 0 aromatic heterocycles. The van der Waals surface area contributed by atoms with Gasteiger partial charge in [0.2, 0.25) is 0 Å². The standard InChI is InChI=1S/C12H16N2O3S/c1-12(2,3)14-11(18)13-8-5-4-7(10(16)17)6-9(8)15/h4-6,15H,1-3H3,(H,16,17)(H2,13,14,18). The Bertz CT molecular complexity index is 481. The summed E-state index contributed by atoms with van der Waals surface area (Å²) in [6, 6.07) is 4.03. The highest BCUT2D eigenvalue weighted by Gasteiger charge is 2.13. The van der Waals surface area contributed by atoms with Gasteiger partial charge in [0.25, 0.3) is 0 Å². The van der Waals surface area contributed by atoms with Gasteiger partial charge in [0, 0.05) is 5.54 Å². The van der Waals surface area contributed by atoms with Crippen molar-refractivity contribution in [2.45, 2.75) is 26.3 Å². The Morgan fingerprint density at radius 1 is 1.33 bits per heavy atom. The zero-order valence-corrected chi connectivity index (χ0v) is 11.3. The van der Waals surface area contributed by atoms with Crippen LogP contribution in [0.25, 0.3) is 0 Å². The van der Waals surface area contributed by atoms with Crippen molar-refractivity contribution in [3.8, 4) is 5.75 Å². The lowest BCUT2D eigenvalue weighted by molar-refractivity contribution is 0.0696. The first kappa shape index (κ1) is 14.2. The number of carbonyl (C=O) groups is 1. The number of benzene rings is 1. The maximum Gasteiger partial charge on any atom is 0.335 e. The fourth-order valence-electron chi connectivity index (χ4n) is 1.26. The van der Waals surface area contributed by atoms with Crippen LogP contribution >= 0.6 is 12.2 Å². The van der Waals surface area contributed by atoms with E-state index in [9.17, 15) is 9.90 Å². The van der Waals surface area contributed by atoms with Crippen molar-refractivity contribution < 1.29 is 15.0 Å². The highest BCUT2D eigenvalue weighted by Crippen LogP contribution is 2.24. The Balaban J connectivity index is 2.80. The molecule has 0 saturated carbocycles. The van der Waals surface area contributed by atoms with Crippen LogP contribution in [-0.2, 0) is 0 Å². The summed E-state index contributed by atoms with van der Waals surface area (Å²) in [6.07, 6.45) is 0. The van der Waals surface area contributed by atoms with Crippen molar-refractivity contribution >= 4 is 29.0 Å². The summed E-state index contributed by atoms with van der Waals surface area (Å²) in [6.45, 7) is 5.86. The molecule has 0 unspecified atom stereocenters. The van der Waals surface area contributed by atoms with Gasteiger partial charge < -0.3 is 20.8 Å². The first-order valence-electron chi connectivity index (χ1n) is 5.34. The predicted octanol–water partition coefficient (Wildman–Crippen LogP) is 2.18. The first-order chi connectivity index (χ1) is 8.19. The SMILES string of the molecule is CC(C)(C)NC(=S)Nc1ccc(C(=O)O)cc1O. The third kappa shape index (κ3) is 4.21. The average molecular weight is 268 g/mol. The summed E-state index contributed by atoms with van der Waals surface area (Å²) in [5, 5.41) is 24.6. The van der Waals surface area contributed by atoms with Gasteiger partial charge in [0.15, 0.2) is 5.11 Å². The van der Waals surface area contributed by atoms with Gasteiger partial charge in [0.1, 0.15) is 5.75 Å². The Morgan fingerprint density at radius 2 is 1.94 bits per heavy atom. The van der Waals surface area contributed by atoms with Crippen molar-refractivity contribution in [3.63, 3.8) is 0 Å². The fourth-order valence-corrected chi connectivity index (χ4v) is 1.68. The molecule has 0 aliphatic carbocycles. The summed E-state index contributed by atoms with van der Waals surface area (Å²) in [7, 11) is 0. The van der Waals surface area contributed by atoms with Gasteiger partial charge in [-0.05, 0) is 51.2 Å². The molecule has 0 saturated heterocycles. The normalized spacial score (nSPS) is 10.8. The van der Waals surface area contributed by atoms with E-state index in [1.807, 2.05) is 20.8 Å². The molecule has 0 radical (unpaired) electrons. The number of aromatic carboxylic acids is 1. The molecule has 18 heavy (non-hydrogen) atoms. The number of carboxylic acid groups (broad SMARTS) is 1. The van der Waals surface area contributed by atoms with E-state index in [-0.39, 0.29) is 16.9 Å². The van der Waals surface area contributed by atoms with Crippen LogP contribution in [-0.4, -0.2) is 26.8 Å². The average Bonchev–Trinajstić information content (AvgIpc) is 2.17. The Kier molecular flexibility index (Phi) is 4.13. The molecular formula is C12H16N2O3S. The summed E-state index contributed by atoms with van der Waals surface area (Å²) >= 11 is 5.08. The van der Waals surface area contributed by atoms with E-state index in [4.69, 9.17) is 17.3 Å². The van der Waals surface area contributed by atoms with Gasteiger partial charge in [0.05, 0.1) is 11.3 Å². The minimum Gasteiger partial charge on any atom is -0.506 e. The van der Waals surface area contributed by atoms with Crippen LogP contribution in [0.1, 0.15) is 31.1 Å². The maximum absolute atomic E-state index is 10.7. The molecule has 6 heteroatoms. The predicted molar refractivity (Wildman–Crippen MR) is 74.2 cm³/mol. The molecular weight excluding hydrogens is 252 g/mol. The van der Waals surface area contributed by atoms with Gasteiger partial charge in [-0.25, -0.2) is 4.79 Å². The number of anilines is 1. The first-order valence-corrected chi connectivity index (χ1v) is 5.75. The second-order valence-electron chi connectivity index (χ2n) is 4.87.